The third-order valence-electron chi connectivity index (χ3n) is 5.37. The van der Waals surface area contributed by atoms with E-state index < -0.39 is 0 Å². The fourth-order valence-electron chi connectivity index (χ4n) is 4.45. The van der Waals surface area contributed by atoms with Crippen molar-refractivity contribution in [2.75, 3.05) is 0 Å². The van der Waals surface area contributed by atoms with E-state index in [1.54, 1.807) is 0 Å². The Balaban J connectivity index is 2.93. The minimum absolute atomic E-state index is 0.468. The minimum Gasteiger partial charge on any atom is -0.0654 e. The van der Waals surface area contributed by atoms with Crippen molar-refractivity contribution in [3.8, 4) is 0 Å². The summed E-state index contributed by atoms with van der Waals surface area (Å²) in [6.45, 7) is 19.5. The van der Waals surface area contributed by atoms with Crippen molar-refractivity contribution >= 4 is 0 Å². The molecule has 18 heavy (non-hydrogen) atoms. The molecule has 0 radical (unpaired) electrons. The molecule has 108 valence electrons. The zero-order valence-electron chi connectivity index (χ0n) is 14.1. The lowest BCUT2D eigenvalue weighted by Gasteiger charge is -2.50. The zero-order chi connectivity index (χ0) is 14.1. The molecule has 0 amide bonds. The molecule has 1 saturated carbocycles. The molecule has 0 spiro atoms. The van der Waals surface area contributed by atoms with Crippen molar-refractivity contribution in [3.63, 3.8) is 0 Å². The van der Waals surface area contributed by atoms with Crippen LogP contribution in [-0.2, 0) is 0 Å². The number of hydrogen-bond acceptors (Lipinski definition) is 0. The number of rotatable bonds is 2. The summed E-state index contributed by atoms with van der Waals surface area (Å²) in [4.78, 5) is 0. The van der Waals surface area contributed by atoms with E-state index >= 15 is 0 Å². The van der Waals surface area contributed by atoms with Crippen LogP contribution in [0.2, 0.25) is 0 Å². The second-order valence-corrected chi connectivity index (χ2v) is 8.93. The molecule has 0 aliphatic heterocycles. The van der Waals surface area contributed by atoms with Gasteiger partial charge in [-0.25, -0.2) is 0 Å². The Morgan fingerprint density at radius 2 is 1.22 bits per heavy atom. The standard InChI is InChI=1S/C18H36/c1-9-10-14-11-15(17(3,4)5)13(2)16(12-14)18(6,7)8/h13-16H,9-12H2,1-8H3. The van der Waals surface area contributed by atoms with Crippen LogP contribution < -0.4 is 0 Å². The van der Waals surface area contributed by atoms with E-state index in [0.717, 1.165) is 23.7 Å². The Kier molecular flexibility index (Phi) is 4.95. The van der Waals surface area contributed by atoms with E-state index in [1.807, 2.05) is 0 Å². The fraction of sp³-hybridized carbons (Fsp3) is 1.00. The van der Waals surface area contributed by atoms with E-state index in [-0.39, 0.29) is 0 Å². The number of hydrogen-bond donors (Lipinski definition) is 0. The molecule has 2 unspecified atom stereocenters. The molecule has 0 N–H and O–H groups in total. The summed E-state index contributed by atoms with van der Waals surface area (Å²) in [6, 6.07) is 0. The predicted molar refractivity (Wildman–Crippen MR) is 82.7 cm³/mol. The molecule has 0 nitrogen and oxygen atoms in total. The van der Waals surface area contributed by atoms with E-state index in [0.29, 0.717) is 10.8 Å². The summed E-state index contributed by atoms with van der Waals surface area (Å²) in [6.07, 6.45) is 5.72. The van der Waals surface area contributed by atoms with Crippen LogP contribution in [0.3, 0.4) is 0 Å². The molecule has 1 fully saturated rings. The molecular formula is C18H36. The van der Waals surface area contributed by atoms with Crippen molar-refractivity contribution in [3.05, 3.63) is 0 Å². The highest BCUT2D eigenvalue weighted by Crippen LogP contribution is 2.52. The predicted octanol–water partition coefficient (Wildman–Crippen LogP) is 6.16. The van der Waals surface area contributed by atoms with Crippen LogP contribution in [0, 0.1) is 34.5 Å². The summed E-state index contributed by atoms with van der Waals surface area (Å²) in [5.41, 5.74) is 0.935. The largest absolute Gasteiger partial charge is 0.0654 e. The van der Waals surface area contributed by atoms with Gasteiger partial charge in [0.05, 0.1) is 0 Å². The summed E-state index contributed by atoms with van der Waals surface area (Å²) >= 11 is 0. The first-order chi connectivity index (χ1) is 8.07. The van der Waals surface area contributed by atoms with Crippen LogP contribution >= 0.6 is 0 Å². The second-order valence-electron chi connectivity index (χ2n) is 8.93. The van der Waals surface area contributed by atoms with Gasteiger partial charge in [0.15, 0.2) is 0 Å². The molecule has 0 bridgehead atoms. The van der Waals surface area contributed by atoms with Crippen LogP contribution in [0.4, 0.5) is 0 Å². The first-order valence-electron chi connectivity index (χ1n) is 8.07. The first-order valence-corrected chi connectivity index (χ1v) is 8.07. The van der Waals surface area contributed by atoms with E-state index in [1.165, 1.54) is 25.7 Å². The molecule has 0 aromatic rings. The van der Waals surface area contributed by atoms with Crippen LogP contribution in [0.15, 0.2) is 0 Å². The van der Waals surface area contributed by atoms with Gasteiger partial charge in [-0.05, 0) is 47.3 Å². The molecule has 0 heteroatoms. The van der Waals surface area contributed by atoms with E-state index in [9.17, 15) is 0 Å². The van der Waals surface area contributed by atoms with Gasteiger partial charge >= 0.3 is 0 Å². The average Bonchev–Trinajstić information content (AvgIpc) is 2.17. The minimum atomic E-state index is 0.468. The lowest BCUT2D eigenvalue weighted by atomic mass is 9.55. The summed E-state index contributed by atoms with van der Waals surface area (Å²) in [7, 11) is 0. The molecule has 0 aromatic carbocycles. The molecule has 2 atom stereocenters. The molecule has 1 rings (SSSR count). The van der Waals surface area contributed by atoms with Crippen molar-refractivity contribution in [2.24, 2.45) is 34.5 Å². The topological polar surface area (TPSA) is 0 Å². The van der Waals surface area contributed by atoms with Crippen molar-refractivity contribution < 1.29 is 0 Å². The molecule has 1 aliphatic carbocycles. The summed E-state index contributed by atoms with van der Waals surface area (Å²) in [5, 5.41) is 0. The molecule has 1 aliphatic rings. The maximum Gasteiger partial charge on any atom is -0.0334 e. The third-order valence-corrected chi connectivity index (χ3v) is 5.37. The van der Waals surface area contributed by atoms with Gasteiger partial charge < -0.3 is 0 Å². The Morgan fingerprint density at radius 3 is 1.50 bits per heavy atom. The van der Waals surface area contributed by atoms with Gasteiger partial charge in [-0.15, -0.1) is 0 Å². The van der Waals surface area contributed by atoms with Gasteiger partial charge in [0, 0.05) is 0 Å². The molecule has 0 aromatic heterocycles. The van der Waals surface area contributed by atoms with Gasteiger partial charge in [0.25, 0.3) is 0 Å². The molecular weight excluding hydrogens is 216 g/mol. The lowest BCUT2D eigenvalue weighted by Crippen LogP contribution is -2.42. The SMILES string of the molecule is CCCC1CC(C(C)(C)C)C(C)C(C(C)(C)C)C1. The van der Waals surface area contributed by atoms with E-state index in [2.05, 4.69) is 55.4 Å². The highest BCUT2D eigenvalue weighted by Gasteiger charge is 2.43. The van der Waals surface area contributed by atoms with Gasteiger partial charge in [-0.3, -0.25) is 0 Å². The highest BCUT2D eigenvalue weighted by atomic mass is 14.5. The molecule has 0 saturated heterocycles. The maximum atomic E-state index is 2.52. The molecule has 0 heterocycles. The van der Waals surface area contributed by atoms with Gasteiger partial charge in [0.2, 0.25) is 0 Å². The summed E-state index contributed by atoms with van der Waals surface area (Å²) in [5.74, 6) is 3.64. The zero-order valence-corrected chi connectivity index (χ0v) is 14.1. The second kappa shape index (κ2) is 5.55. The van der Waals surface area contributed by atoms with Crippen molar-refractivity contribution in [1.29, 1.82) is 0 Å². The Morgan fingerprint density at radius 1 is 0.833 bits per heavy atom. The van der Waals surface area contributed by atoms with Crippen LogP contribution in [0.25, 0.3) is 0 Å². The Labute approximate surface area is 116 Å². The quantitative estimate of drug-likeness (QED) is 0.552. The van der Waals surface area contributed by atoms with Crippen LogP contribution in [0.1, 0.15) is 81.1 Å². The van der Waals surface area contributed by atoms with Crippen LogP contribution in [0.5, 0.6) is 0 Å². The first kappa shape index (κ1) is 16.1. The van der Waals surface area contributed by atoms with Crippen molar-refractivity contribution in [1.82, 2.24) is 0 Å². The average molecular weight is 252 g/mol. The third kappa shape index (κ3) is 3.75. The highest BCUT2D eigenvalue weighted by molar-refractivity contribution is 4.93. The van der Waals surface area contributed by atoms with Gasteiger partial charge in [-0.1, -0.05) is 68.2 Å². The Bertz CT molecular complexity index is 226. The monoisotopic (exact) mass is 252 g/mol. The maximum absolute atomic E-state index is 2.52. The normalized spacial score (nSPS) is 34.7. The Hall–Kier alpha value is 0. The smallest absolute Gasteiger partial charge is 0.0334 e. The fourth-order valence-corrected chi connectivity index (χ4v) is 4.45. The van der Waals surface area contributed by atoms with E-state index in [4.69, 9.17) is 0 Å². The van der Waals surface area contributed by atoms with Gasteiger partial charge in [-0.2, -0.15) is 0 Å². The lowest BCUT2D eigenvalue weighted by molar-refractivity contribution is -0.0106. The van der Waals surface area contributed by atoms with Crippen molar-refractivity contribution in [2.45, 2.75) is 81.1 Å². The van der Waals surface area contributed by atoms with Crippen LogP contribution in [-0.4, -0.2) is 0 Å². The van der Waals surface area contributed by atoms with Gasteiger partial charge in [0.1, 0.15) is 0 Å². The summed E-state index contributed by atoms with van der Waals surface area (Å²) < 4.78 is 0.